The van der Waals surface area contributed by atoms with E-state index in [0.29, 0.717) is 0 Å². The number of rotatable bonds is 0. The lowest BCUT2D eigenvalue weighted by molar-refractivity contribution is 0.629. The molecule has 0 saturated heterocycles. The second kappa shape index (κ2) is 2.58. The molecule has 0 amide bonds. The number of fused-ring (bicyclic) bond motifs is 3. The van der Waals surface area contributed by atoms with Crippen LogP contribution in [0.2, 0.25) is 0 Å². The van der Waals surface area contributed by atoms with Gasteiger partial charge in [-0.3, -0.25) is 0 Å². The Kier molecular flexibility index (Phi) is 1.47. The third-order valence-corrected chi connectivity index (χ3v) is 2.89. The van der Waals surface area contributed by atoms with E-state index < -0.39 is 0 Å². The van der Waals surface area contributed by atoms with Gasteiger partial charge in [-0.15, -0.1) is 0 Å². The van der Waals surface area contributed by atoms with Gasteiger partial charge in [0.05, 0.1) is 0 Å². The Labute approximate surface area is 80.9 Å². The molecule has 2 nitrogen and oxygen atoms in total. The highest BCUT2D eigenvalue weighted by atomic mass is 19.1. The molecule has 14 heavy (non-hydrogen) atoms. The highest BCUT2D eigenvalue weighted by molar-refractivity contribution is 5.85. The summed E-state index contributed by atoms with van der Waals surface area (Å²) in [4.78, 5) is 3.23. The summed E-state index contributed by atoms with van der Waals surface area (Å²) >= 11 is 0. The van der Waals surface area contributed by atoms with Crippen LogP contribution in [0.5, 0.6) is 0 Å². The topological polar surface area (TPSA) is 41.8 Å². The van der Waals surface area contributed by atoms with E-state index in [1.165, 1.54) is 17.3 Å². The van der Waals surface area contributed by atoms with Crippen molar-refractivity contribution in [3.8, 4) is 0 Å². The van der Waals surface area contributed by atoms with Crippen LogP contribution in [-0.4, -0.2) is 11.0 Å². The molecule has 0 fully saturated rings. The first-order valence-corrected chi connectivity index (χ1v) is 4.78. The third kappa shape index (κ3) is 0.990. The Bertz CT molecular complexity index is 501. The fourth-order valence-electron chi connectivity index (χ4n) is 2.29. The van der Waals surface area contributed by atoms with Crippen LogP contribution in [-0.2, 0) is 12.8 Å². The predicted molar refractivity (Wildman–Crippen MR) is 53.6 cm³/mol. The largest absolute Gasteiger partial charge is 0.358 e. The number of aromatic amines is 1. The zero-order valence-corrected chi connectivity index (χ0v) is 7.68. The average molecular weight is 190 g/mol. The van der Waals surface area contributed by atoms with Gasteiger partial charge in [0.25, 0.3) is 0 Å². The van der Waals surface area contributed by atoms with Gasteiger partial charge < -0.3 is 10.7 Å². The highest BCUT2D eigenvalue weighted by Gasteiger charge is 2.22. The zero-order chi connectivity index (χ0) is 9.71. The first kappa shape index (κ1) is 8.00. The van der Waals surface area contributed by atoms with E-state index in [-0.39, 0.29) is 11.9 Å². The van der Waals surface area contributed by atoms with Gasteiger partial charge in [-0.2, -0.15) is 0 Å². The molecule has 2 aromatic rings. The van der Waals surface area contributed by atoms with Crippen LogP contribution >= 0.6 is 0 Å². The molecular weight excluding hydrogens is 179 g/mol. The second-order valence-electron chi connectivity index (χ2n) is 3.94. The van der Waals surface area contributed by atoms with Crippen molar-refractivity contribution in [2.75, 3.05) is 0 Å². The molecule has 0 spiro atoms. The van der Waals surface area contributed by atoms with E-state index in [9.17, 15) is 4.39 Å². The van der Waals surface area contributed by atoms with E-state index in [0.717, 1.165) is 23.7 Å². The maximum atomic E-state index is 12.9. The molecule has 3 N–H and O–H groups in total. The number of aromatic nitrogens is 1. The molecule has 1 unspecified atom stereocenters. The van der Waals surface area contributed by atoms with Crippen LogP contribution < -0.4 is 5.73 Å². The van der Waals surface area contributed by atoms with Crippen LogP contribution in [0.15, 0.2) is 18.2 Å². The quantitative estimate of drug-likeness (QED) is 0.652. The Balaban J connectivity index is 2.28. The van der Waals surface area contributed by atoms with E-state index >= 15 is 0 Å². The molecule has 0 saturated carbocycles. The Morgan fingerprint density at radius 2 is 2.21 bits per heavy atom. The van der Waals surface area contributed by atoms with Gasteiger partial charge in [0.2, 0.25) is 0 Å². The Morgan fingerprint density at radius 1 is 1.36 bits per heavy atom. The number of hydrogen-bond acceptors (Lipinski definition) is 1. The maximum Gasteiger partial charge on any atom is 0.125 e. The van der Waals surface area contributed by atoms with Crippen molar-refractivity contribution in [1.82, 2.24) is 4.98 Å². The monoisotopic (exact) mass is 190 g/mol. The van der Waals surface area contributed by atoms with Crippen LogP contribution in [0.4, 0.5) is 4.39 Å². The van der Waals surface area contributed by atoms with Crippen molar-refractivity contribution < 1.29 is 4.39 Å². The van der Waals surface area contributed by atoms with Gasteiger partial charge in [-0.05, 0) is 30.2 Å². The molecular formula is C11H11FN2. The minimum atomic E-state index is -0.193. The molecule has 3 heteroatoms. The molecule has 0 bridgehead atoms. The molecule has 1 aliphatic rings. The fraction of sp³-hybridized carbons (Fsp3) is 0.273. The van der Waals surface area contributed by atoms with Gasteiger partial charge in [0.15, 0.2) is 0 Å². The molecule has 1 aliphatic carbocycles. The molecule has 1 atom stereocenters. The summed E-state index contributed by atoms with van der Waals surface area (Å²) in [5.41, 5.74) is 9.20. The summed E-state index contributed by atoms with van der Waals surface area (Å²) in [6, 6.07) is 5.10. The summed E-state index contributed by atoms with van der Waals surface area (Å²) in [7, 11) is 0. The normalized spacial score (nSPS) is 20.3. The lowest BCUT2D eigenvalue weighted by Gasteiger charge is -1.99. The summed E-state index contributed by atoms with van der Waals surface area (Å²) in [5, 5.41) is 1.12. The van der Waals surface area contributed by atoms with E-state index in [1.54, 1.807) is 6.07 Å². The van der Waals surface area contributed by atoms with Crippen molar-refractivity contribution in [2.45, 2.75) is 18.9 Å². The first-order chi connectivity index (χ1) is 6.74. The Hall–Kier alpha value is -1.35. The molecule has 0 aliphatic heterocycles. The Morgan fingerprint density at radius 3 is 3.07 bits per heavy atom. The molecule has 1 aromatic carbocycles. The molecule has 1 heterocycles. The fourth-order valence-corrected chi connectivity index (χ4v) is 2.29. The number of nitrogens with two attached hydrogens (primary N) is 1. The minimum absolute atomic E-state index is 0.193. The highest BCUT2D eigenvalue weighted by Crippen LogP contribution is 2.29. The van der Waals surface area contributed by atoms with Crippen molar-refractivity contribution in [1.29, 1.82) is 0 Å². The van der Waals surface area contributed by atoms with Crippen LogP contribution in [0.1, 0.15) is 11.3 Å². The minimum Gasteiger partial charge on any atom is -0.358 e. The average Bonchev–Trinajstić information content (AvgIpc) is 2.59. The smallest absolute Gasteiger partial charge is 0.125 e. The van der Waals surface area contributed by atoms with Crippen LogP contribution in [0.3, 0.4) is 0 Å². The molecule has 72 valence electrons. The van der Waals surface area contributed by atoms with E-state index in [4.69, 9.17) is 5.73 Å². The van der Waals surface area contributed by atoms with Crippen molar-refractivity contribution in [3.63, 3.8) is 0 Å². The number of nitrogens with one attached hydrogen (secondary N) is 1. The number of halogens is 1. The molecule has 0 radical (unpaired) electrons. The lowest BCUT2D eigenvalue weighted by atomic mass is 10.1. The summed E-state index contributed by atoms with van der Waals surface area (Å²) < 4.78 is 12.9. The van der Waals surface area contributed by atoms with E-state index in [2.05, 4.69) is 4.98 Å². The maximum absolute atomic E-state index is 12.9. The van der Waals surface area contributed by atoms with Crippen molar-refractivity contribution in [3.05, 3.63) is 35.3 Å². The van der Waals surface area contributed by atoms with Gasteiger partial charge in [0, 0.05) is 29.1 Å². The first-order valence-electron chi connectivity index (χ1n) is 4.78. The summed E-state index contributed by atoms with van der Waals surface area (Å²) in [6.07, 6.45) is 1.78. The summed E-state index contributed by atoms with van der Waals surface area (Å²) in [5.74, 6) is -0.193. The predicted octanol–water partition coefficient (Wildman–Crippen LogP) is 1.73. The SMILES string of the molecule is NC1Cc2[nH]c3cc(F)ccc3c2C1. The number of benzene rings is 1. The lowest BCUT2D eigenvalue weighted by Crippen LogP contribution is -2.19. The zero-order valence-electron chi connectivity index (χ0n) is 7.68. The molecule has 3 rings (SSSR count). The van der Waals surface area contributed by atoms with Crippen LogP contribution in [0, 0.1) is 5.82 Å². The second-order valence-corrected chi connectivity index (χ2v) is 3.94. The molecule has 1 aromatic heterocycles. The van der Waals surface area contributed by atoms with Gasteiger partial charge in [-0.1, -0.05) is 0 Å². The summed E-state index contributed by atoms with van der Waals surface area (Å²) in [6.45, 7) is 0. The number of hydrogen-bond donors (Lipinski definition) is 2. The van der Waals surface area contributed by atoms with Gasteiger partial charge >= 0.3 is 0 Å². The van der Waals surface area contributed by atoms with Crippen molar-refractivity contribution >= 4 is 10.9 Å². The third-order valence-electron chi connectivity index (χ3n) is 2.89. The van der Waals surface area contributed by atoms with Gasteiger partial charge in [-0.25, -0.2) is 4.39 Å². The number of H-pyrrole nitrogens is 1. The van der Waals surface area contributed by atoms with E-state index in [1.807, 2.05) is 6.07 Å². The van der Waals surface area contributed by atoms with Crippen LogP contribution in [0.25, 0.3) is 10.9 Å². The standard InChI is InChI=1S/C11H11FN2/c12-6-1-2-8-9-4-7(13)5-11(9)14-10(8)3-6/h1-3,7,14H,4-5,13H2. The van der Waals surface area contributed by atoms with Crippen molar-refractivity contribution in [2.24, 2.45) is 5.73 Å². The van der Waals surface area contributed by atoms with Gasteiger partial charge in [0.1, 0.15) is 5.82 Å².